The van der Waals surface area contributed by atoms with E-state index in [1.165, 1.54) is 0 Å². The molecule has 0 saturated heterocycles. The maximum absolute atomic E-state index is 11.8. The van der Waals surface area contributed by atoms with Gasteiger partial charge in [0.1, 0.15) is 5.75 Å². The molecule has 1 amide bonds. The molecule has 130 valence electrons. The number of hydrazone groups is 1. The highest BCUT2D eigenvalue weighted by Gasteiger charge is 2.02. The van der Waals surface area contributed by atoms with E-state index in [-0.39, 0.29) is 12.5 Å². The maximum Gasteiger partial charge on any atom is 0.277 e. The number of amides is 1. The van der Waals surface area contributed by atoms with Crippen molar-refractivity contribution in [2.75, 3.05) is 6.61 Å². The summed E-state index contributed by atoms with van der Waals surface area (Å²) in [5.41, 5.74) is 5.85. The number of hydrogen-bond donors (Lipinski definition) is 1. The van der Waals surface area contributed by atoms with Crippen LogP contribution in [0.2, 0.25) is 0 Å². The lowest BCUT2D eigenvalue weighted by Gasteiger charge is -2.06. The predicted octanol–water partition coefficient (Wildman–Crippen LogP) is 4.08. The molecule has 0 bridgehead atoms. The SMILES string of the molecule is O=C(COc1ccc(-c2ccccc2)cc1)N/N=C/Cc1ccccc1. The smallest absolute Gasteiger partial charge is 0.277 e. The number of carbonyl (C=O) groups excluding carboxylic acids is 1. The number of ether oxygens (including phenoxy) is 1. The molecule has 1 N–H and O–H groups in total. The predicted molar refractivity (Wildman–Crippen MR) is 104 cm³/mol. The van der Waals surface area contributed by atoms with Crippen molar-refractivity contribution in [1.29, 1.82) is 0 Å². The number of hydrogen-bond acceptors (Lipinski definition) is 3. The van der Waals surface area contributed by atoms with Gasteiger partial charge < -0.3 is 4.74 Å². The second kappa shape index (κ2) is 9.18. The minimum absolute atomic E-state index is 0.0760. The Balaban J connectivity index is 1.43. The first-order chi connectivity index (χ1) is 12.8. The summed E-state index contributed by atoms with van der Waals surface area (Å²) in [5.74, 6) is 0.356. The lowest BCUT2D eigenvalue weighted by molar-refractivity contribution is -0.123. The second-order valence-electron chi connectivity index (χ2n) is 5.72. The van der Waals surface area contributed by atoms with E-state index >= 15 is 0 Å². The van der Waals surface area contributed by atoms with Crippen LogP contribution in [0.3, 0.4) is 0 Å². The summed E-state index contributed by atoms with van der Waals surface area (Å²) >= 11 is 0. The van der Waals surface area contributed by atoms with Crippen molar-refractivity contribution >= 4 is 12.1 Å². The van der Waals surface area contributed by atoms with Gasteiger partial charge in [-0.3, -0.25) is 4.79 Å². The average molecular weight is 344 g/mol. The molecule has 0 unspecified atom stereocenters. The third-order valence-electron chi connectivity index (χ3n) is 3.78. The molecule has 26 heavy (non-hydrogen) atoms. The molecule has 0 spiro atoms. The van der Waals surface area contributed by atoms with Crippen LogP contribution in [0, 0.1) is 0 Å². The van der Waals surface area contributed by atoms with Crippen LogP contribution in [0.15, 0.2) is 90.0 Å². The summed E-state index contributed by atoms with van der Waals surface area (Å²) in [5, 5.41) is 3.93. The first-order valence-corrected chi connectivity index (χ1v) is 8.44. The highest BCUT2D eigenvalue weighted by molar-refractivity contribution is 5.78. The average Bonchev–Trinajstić information content (AvgIpc) is 2.71. The quantitative estimate of drug-likeness (QED) is 0.519. The molecular weight excluding hydrogens is 324 g/mol. The summed E-state index contributed by atoms with van der Waals surface area (Å²) in [6, 6.07) is 27.7. The van der Waals surface area contributed by atoms with Crippen LogP contribution in [0.25, 0.3) is 11.1 Å². The Bertz CT molecular complexity index is 844. The van der Waals surface area contributed by atoms with Gasteiger partial charge in [0, 0.05) is 12.6 Å². The lowest BCUT2D eigenvalue weighted by Crippen LogP contribution is -2.24. The van der Waals surface area contributed by atoms with Gasteiger partial charge in [-0.1, -0.05) is 72.8 Å². The molecule has 3 rings (SSSR count). The van der Waals surface area contributed by atoms with Crippen LogP contribution in [-0.2, 0) is 11.2 Å². The molecule has 4 nitrogen and oxygen atoms in total. The third-order valence-corrected chi connectivity index (χ3v) is 3.78. The highest BCUT2D eigenvalue weighted by Crippen LogP contribution is 2.21. The van der Waals surface area contributed by atoms with Gasteiger partial charge in [0.25, 0.3) is 5.91 Å². The Morgan fingerprint density at radius 3 is 2.15 bits per heavy atom. The summed E-state index contributed by atoms with van der Waals surface area (Å²) < 4.78 is 5.49. The molecular formula is C22H20N2O2. The van der Waals surface area contributed by atoms with E-state index in [9.17, 15) is 4.79 Å². The monoisotopic (exact) mass is 344 g/mol. The third kappa shape index (κ3) is 5.31. The van der Waals surface area contributed by atoms with Gasteiger partial charge in [0.2, 0.25) is 0 Å². The summed E-state index contributed by atoms with van der Waals surface area (Å²) in [4.78, 5) is 11.8. The fraction of sp³-hybridized carbons (Fsp3) is 0.0909. The maximum atomic E-state index is 11.8. The lowest BCUT2D eigenvalue weighted by atomic mass is 10.1. The van der Waals surface area contributed by atoms with Crippen molar-refractivity contribution in [3.05, 3.63) is 90.5 Å². The molecule has 0 aliphatic heterocycles. The summed E-state index contributed by atoms with van der Waals surface area (Å²) in [7, 11) is 0. The molecule has 3 aromatic rings. The number of carbonyl (C=O) groups is 1. The van der Waals surface area contributed by atoms with Gasteiger partial charge in [-0.15, -0.1) is 0 Å². The van der Waals surface area contributed by atoms with Gasteiger partial charge in [0.15, 0.2) is 6.61 Å². The van der Waals surface area contributed by atoms with E-state index in [1.54, 1.807) is 6.21 Å². The standard InChI is InChI=1S/C22H20N2O2/c25-22(24-23-16-15-18-7-3-1-4-8-18)17-26-21-13-11-20(12-14-21)19-9-5-2-6-10-19/h1-14,16H,15,17H2,(H,24,25)/b23-16+. The fourth-order valence-corrected chi connectivity index (χ4v) is 2.44. The van der Waals surface area contributed by atoms with Crippen molar-refractivity contribution in [2.24, 2.45) is 5.10 Å². The van der Waals surface area contributed by atoms with E-state index in [0.717, 1.165) is 16.7 Å². The number of nitrogens with one attached hydrogen (secondary N) is 1. The Hall–Kier alpha value is -3.40. The van der Waals surface area contributed by atoms with Crippen molar-refractivity contribution in [3.8, 4) is 16.9 Å². The Labute approximate surface area is 153 Å². The van der Waals surface area contributed by atoms with Crippen molar-refractivity contribution in [1.82, 2.24) is 5.43 Å². The molecule has 4 heteroatoms. The van der Waals surface area contributed by atoms with Gasteiger partial charge >= 0.3 is 0 Å². The Morgan fingerprint density at radius 1 is 0.846 bits per heavy atom. The van der Waals surface area contributed by atoms with Crippen LogP contribution in [0.5, 0.6) is 5.75 Å². The molecule has 0 fully saturated rings. The van der Waals surface area contributed by atoms with Gasteiger partial charge in [-0.25, -0.2) is 5.43 Å². The normalized spacial score (nSPS) is 10.6. The zero-order chi connectivity index (χ0) is 18.0. The fourth-order valence-electron chi connectivity index (χ4n) is 2.44. The van der Waals surface area contributed by atoms with E-state index in [2.05, 4.69) is 22.7 Å². The molecule has 0 atom stereocenters. The molecule has 0 aromatic heterocycles. The second-order valence-corrected chi connectivity index (χ2v) is 5.72. The molecule has 0 radical (unpaired) electrons. The number of rotatable bonds is 7. The van der Waals surface area contributed by atoms with Gasteiger partial charge in [0.05, 0.1) is 0 Å². The number of benzene rings is 3. The van der Waals surface area contributed by atoms with E-state index in [4.69, 9.17) is 4.74 Å². The first kappa shape index (κ1) is 17.4. The topological polar surface area (TPSA) is 50.7 Å². The van der Waals surface area contributed by atoms with Crippen LogP contribution in [0.4, 0.5) is 0 Å². The van der Waals surface area contributed by atoms with E-state index in [1.807, 2.05) is 72.8 Å². The van der Waals surface area contributed by atoms with Crippen molar-refractivity contribution in [2.45, 2.75) is 6.42 Å². The van der Waals surface area contributed by atoms with Crippen LogP contribution in [0.1, 0.15) is 5.56 Å². The minimum atomic E-state index is -0.290. The molecule has 0 saturated carbocycles. The number of nitrogens with zero attached hydrogens (tertiary/aromatic N) is 1. The summed E-state index contributed by atoms with van der Waals surface area (Å²) in [6.45, 7) is -0.0760. The minimum Gasteiger partial charge on any atom is -0.484 e. The highest BCUT2D eigenvalue weighted by atomic mass is 16.5. The van der Waals surface area contributed by atoms with Crippen molar-refractivity contribution < 1.29 is 9.53 Å². The molecule has 0 heterocycles. The molecule has 0 aliphatic carbocycles. The van der Waals surface area contributed by atoms with Gasteiger partial charge in [-0.05, 0) is 28.8 Å². The van der Waals surface area contributed by atoms with Crippen LogP contribution in [-0.4, -0.2) is 18.7 Å². The van der Waals surface area contributed by atoms with E-state index in [0.29, 0.717) is 12.2 Å². The Kier molecular flexibility index (Phi) is 6.15. The molecule has 3 aromatic carbocycles. The van der Waals surface area contributed by atoms with E-state index < -0.39 is 0 Å². The van der Waals surface area contributed by atoms with Crippen LogP contribution >= 0.6 is 0 Å². The van der Waals surface area contributed by atoms with Crippen LogP contribution < -0.4 is 10.2 Å². The largest absolute Gasteiger partial charge is 0.484 e. The van der Waals surface area contributed by atoms with Gasteiger partial charge in [-0.2, -0.15) is 5.10 Å². The molecule has 0 aliphatic rings. The zero-order valence-corrected chi connectivity index (χ0v) is 14.3. The van der Waals surface area contributed by atoms with Crippen molar-refractivity contribution in [3.63, 3.8) is 0 Å². The zero-order valence-electron chi connectivity index (χ0n) is 14.3. The summed E-state index contributed by atoms with van der Waals surface area (Å²) in [6.07, 6.45) is 2.34. The first-order valence-electron chi connectivity index (χ1n) is 8.44. The Morgan fingerprint density at radius 2 is 1.46 bits per heavy atom.